The van der Waals surface area contributed by atoms with E-state index in [0.29, 0.717) is 18.3 Å². The smallest absolute Gasteiger partial charge is 0.0590 e. The highest BCUT2D eigenvalue weighted by Crippen LogP contribution is 2.28. The molecule has 2 N–H and O–H groups in total. The molecule has 2 heteroatoms. The maximum absolute atomic E-state index is 9.31. The van der Waals surface area contributed by atoms with Crippen LogP contribution >= 0.6 is 0 Å². The molecule has 0 aliphatic heterocycles. The second-order valence-electron chi connectivity index (χ2n) is 3.56. The molecule has 0 saturated heterocycles. The summed E-state index contributed by atoms with van der Waals surface area (Å²) in [4.78, 5) is 0. The summed E-state index contributed by atoms with van der Waals surface area (Å²) >= 11 is 0. The number of hydrogen-bond donors (Lipinski definition) is 2. The van der Waals surface area contributed by atoms with E-state index in [1.165, 1.54) is 0 Å². The van der Waals surface area contributed by atoms with E-state index in [1.54, 1.807) is 0 Å². The van der Waals surface area contributed by atoms with Gasteiger partial charge in [0.05, 0.1) is 12.2 Å². The van der Waals surface area contributed by atoms with Crippen molar-refractivity contribution in [2.75, 3.05) is 0 Å². The van der Waals surface area contributed by atoms with Gasteiger partial charge >= 0.3 is 0 Å². The Morgan fingerprint density at radius 2 is 1.30 bits per heavy atom. The summed E-state index contributed by atoms with van der Waals surface area (Å²) < 4.78 is 0. The number of hydrogen-bond acceptors (Lipinski definition) is 2. The van der Waals surface area contributed by atoms with Crippen molar-refractivity contribution in [3.8, 4) is 0 Å². The van der Waals surface area contributed by atoms with Gasteiger partial charge in [0.1, 0.15) is 0 Å². The Hall–Kier alpha value is -0.0800. The van der Waals surface area contributed by atoms with Crippen molar-refractivity contribution in [3.63, 3.8) is 0 Å². The Morgan fingerprint density at radius 3 is 1.60 bits per heavy atom. The van der Waals surface area contributed by atoms with E-state index < -0.39 is 0 Å². The third-order valence-corrected chi connectivity index (χ3v) is 2.54. The molecule has 0 spiro atoms. The highest BCUT2D eigenvalue weighted by Gasteiger charge is 2.29. The molecular formula is C8H16O2. The van der Waals surface area contributed by atoms with Gasteiger partial charge in [0.25, 0.3) is 0 Å². The Labute approximate surface area is 61.9 Å². The van der Waals surface area contributed by atoms with E-state index in [9.17, 15) is 10.2 Å². The van der Waals surface area contributed by atoms with Gasteiger partial charge in [0.2, 0.25) is 0 Å². The molecule has 0 radical (unpaired) electrons. The first-order valence-corrected chi connectivity index (χ1v) is 3.97. The van der Waals surface area contributed by atoms with Gasteiger partial charge < -0.3 is 10.2 Å². The molecule has 1 rings (SSSR count). The lowest BCUT2D eigenvalue weighted by Crippen LogP contribution is -2.35. The molecule has 0 aromatic heterocycles. The van der Waals surface area contributed by atoms with Gasteiger partial charge in [-0.25, -0.2) is 0 Å². The second kappa shape index (κ2) is 2.89. The number of aliphatic hydroxyl groups excluding tert-OH is 2. The van der Waals surface area contributed by atoms with Crippen LogP contribution in [-0.2, 0) is 0 Å². The molecule has 2 nitrogen and oxygen atoms in total. The van der Waals surface area contributed by atoms with Crippen molar-refractivity contribution in [1.29, 1.82) is 0 Å². The zero-order valence-corrected chi connectivity index (χ0v) is 6.62. The highest BCUT2D eigenvalue weighted by molar-refractivity contribution is 4.80. The summed E-state index contributed by atoms with van der Waals surface area (Å²) in [5, 5.41) is 18.6. The average Bonchev–Trinajstić information content (AvgIpc) is 1.84. The number of aliphatic hydroxyl groups is 2. The zero-order valence-electron chi connectivity index (χ0n) is 6.62. The minimum absolute atomic E-state index is 0.286. The van der Waals surface area contributed by atoms with Crippen molar-refractivity contribution in [3.05, 3.63) is 0 Å². The van der Waals surface area contributed by atoms with Crippen molar-refractivity contribution >= 4 is 0 Å². The molecule has 0 unspecified atom stereocenters. The molecule has 1 aliphatic carbocycles. The summed E-state index contributed by atoms with van der Waals surface area (Å²) in [6.45, 7) is 4.07. The Morgan fingerprint density at radius 1 is 0.900 bits per heavy atom. The first-order valence-electron chi connectivity index (χ1n) is 3.97. The van der Waals surface area contributed by atoms with Gasteiger partial charge in [-0.15, -0.1) is 0 Å². The SMILES string of the molecule is C[C@@H]1C[C@@H](C)[C@H](O)C[C@H]1O. The van der Waals surface area contributed by atoms with E-state index in [0.717, 1.165) is 6.42 Å². The van der Waals surface area contributed by atoms with Gasteiger partial charge in [-0.05, 0) is 24.7 Å². The summed E-state index contributed by atoms with van der Waals surface area (Å²) in [6.07, 6.45) is 0.933. The van der Waals surface area contributed by atoms with Crippen LogP contribution < -0.4 is 0 Å². The fourth-order valence-electron chi connectivity index (χ4n) is 1.61. The van der Waals surface area contributed by atoms with E-state index in [4.69, 9.17) is 0 Å². The predicted molar refractivity (Wildman–Crippen MR) is 39.6 cm³/mol. The molecule has 1 fully saturated rings. The van der Waals surface area contributed by atoms with Gasteiger partial charge in [0, 0.05) is 0 Å². The van der Waals surface area contributed by atoms with Crippen LogP contribution in [0.15, 0.2) is 0 Å². The van der Waals surface area contributed by atoms with E-state index in [2.05, 4.69) is 0 Å². The second-order valence-corrected chi connectivity index (χ2v) is 3.56. The van der Waals surface area contributed by atoms with E-state index >= 15 is 0 Å². The van der Waals surface area contributed by atoms with Gasteiger partial charge in [0.15, 0.2) is 0 Å². The predicted octanol–water partition coefficient (Wildman–Crippen LogP) is 0.774. The Balaban J connectivity index is 2.46. The van der Waals surface area contributed by atoms with E-state index in [1.807, 2.05) is 13.8 Å². The molecule has 0 amide bonds. The molecular weight excluding hydrogens is 128 g/mol. The highest BCUT2D eigenvalue weighted by atomic mass is 16.3. The normalized spacial score (nSPS) is 49.2. The Kier molecular flexibility index (Phi) is 2.32. The number of rotatable bonds is 0. The standard InChI is InChI=1S/C8H16O2/c1-5-3-6(2)8(10)4-7(5)9/h5-10H,3-4H2,1-2H3/t5-,6-,7-,8-/m1/s1. The average molecular weight is 144 g/mol. The van der Waals surface area contributed by atoms with Crippen LogP contribution in [0.4, 0.5) is 0 Å². The van der Waals surface area contributed by atoms with E-state index in [-0.39, 0.29) is 12.2 Å². The minimum Gasteiger partial charge on any atom is -0.393 e. The van der Waals surface area contributed by atoms with Crippen LogP contribution in [0, 0.1) is 11.8 Å². The molecule has 10 heavy (non-hydrogen) atoms. The van der Waals surface area contributed by atoms with Crippen molar-refractivity contribution < 1.29 is 10.2 Å². The molecule has 60 valence electrons. The van der Waals surface area contributed by atoms with Crippen molar-refractivity contribution in [2.45, 2.75) is 38.9 Å². The van der Waals surface area contributed by atoms with Crippen LogP contribution in [0.25, 0.3) is 0 Å². The molecule has 1 saturated carbocycles. The fourth-order valence-corrected chi connectivity index (χ4v) is 1.61. The van der Waals surface area contributed by atoms with Crippen molar-refractivity contribution in [2.24, 2.45) is 11.8 Å². The summed E-state index contributed by atoms with van der Waals surface area (Å²) in [6, 6.07) is 0. The largest absolute Gasteiger partial charge is 0.393 e. The lowest BCUT2D eigenvalue weighted by molar-refractivity contribution is -0.0237. The van der Waals surface area contributed by atoms with Crippen LogP contribution in [0.5, 0.6) is 0 Å². The monoisotopic (exact) mass is 144 g/mol. The quantitative estimate of drug-likeness (QED) is 0.527. The molecule has 0 aromatic rings. The maximum atomic E-state index is 9.31. The van der Waals surface area contributed by atoms with Crippen molar-refractivity contribution in [1.82, 2.24) is 0 Å². The van der Waals surface area contributed by atoms with Crippen LogP contribution in [0.2, 0.25) is 0 Å². The first kappa shape index (κ1) is 8.02. The van der Waals surface area contributed by atoms with Gasteiger partial charge in [-0.1, -0.05) is 13.8 Å². The summed E-state index contributed by atoms with van der Waals surface area (Å²) in [5.74, 6) is 0.719. The summed E-state index contributed by atoms with van der Waals surface area (Å²) in [7, 11) is 0. The third-order valence-electron chi connectivity index (χ3n) is 2.54. The molecule has 0 aromatic carbocycles. The summed E-state index contributed by atoms with van der Waals surface area (Å²) in [5.41, 5.74) is 0. The van der Waals surface area contributed by atoms with Crippen LogP contribution in [-0.4, -0.2) is 22.4 Å². The lowest BCUT2D eigenvalue weighted by Gasteiger charge is -2.33. The molecule has 0 heterocycles. The van der Waals surface area contributed by atoms with Crippen LogP contribution in [0.1, 0.15) is 26.7 Å². The third kappa shape index (κ3) is 1.50. The molecule has 1 aliphatic rings. The fraction of sp³-hybridized carbons (Fsp3) is 1.00. The van der Waals surface area contributed by atoms with Crippen LogP contribution in [0.3, 0.4) is 0 Å². The molecule has 0 bridgehead atoms. The topological polar surface area (TPSA) is 40.5 Å². The Bertz CT molecular complexity index is 87.8. The minimum atomic E-state index is -0.286. The van der Waals surface area contributed by atoms with Gasteiger partial charge in [-0.3, -0.25) is 0 Å². The molecule has 4 atom stereocenters. The first-order chi connectivity index (χ1) is 4.61. The zero-order chi connectivity index (χ0) is 7.72. The maximum Gasteiger partial charge on any atom is 0.0590 e. The lowest BCUT2D eigenvalue weighted by atomic mass is 9.79. The van der Waals surface area contributed by atoms with Gasteiger partial charge in [-0.2, -0.15) is 0 Å².